The van der Waals surface area contributed by atoms with Crippen LogP contribution in [0.5, 0.6) is 5.75 Å². The first-order valence-corrected chi connectivity index (χ1v) is 11.5. The second kappa shape index (κ2) is 8.50. The van der Waals surface area contributed by atoms with E-state index in [1.165, 1.54) is 12.8 Å². The SMILES string of the molecule is COc1ccc(CC(=O)N2C[C@@H]3C[C@H](C2)c2ccc(CN4CCCC4)c(=O)n2C3)cc1. The van der Waals surface area contributed by atoms with E-state index in [0.717, 1.165) is 61.7 Å². The van der Waals surface area contributed by atoms with Gasteiger partial charge in [-0.1, -0.05) is 18.2 Å². The van der Waals surface area contributed by atoms with E-state index in [9.17, 15) is 9.59 Å². The van der Waals surface area contributed by atoms with Gasteiger partial charge in [0.25, 0.3) is 5.56 Å². The molecule has 2 bridgehead atoms. The summed E-state index contributed by atoms with van der Waals surface area (Å²) in [5.41, 5.74) is 3.20. The van der Waals surface area contributed by atoms with Crippen LogP contribution in [0.15, 0.2) is 41.2 Å². The first-order chi connectivity index (χ1) is 15.1. The van der Waals surface area contributed by atoms with Crippen LogP contribution in [-0.2, 0) is 24.3 Å². The number of benzene rings is 1. The van der Waals surface area contributed by atoms with Crippen molar-refractivity contribution in [1.29, 1.82) is 0 Å². The minimum absolute atomic E-state index is 0.168. The van der Waals surface area contributed by atoms with E-state index in [4.69, 9.17) is 4.74 Å². The van der Waals surface area contributed by atoms with Gasteiger partial charge in [0, 0.05) is 43.4 Å². The summed E-state index contributed by atoms with van der Waals surface area (Å²) in [5.74, 6) is 1.57. The van der Waals surface area contributed by atoms with Crippen molar-refractivity contribution < 1.29 is 9.53 Å². The average molecular weight is 422 g/mol. The van der Waals surface area contributed by atoms with Crippen LogP contribution in [0.25, 0.3) is 0 Å². The number of methoxy groups -OCH3 is 1. The molecule has 3 aliphatic rings. The number of rotatable bonds is 5. The highest BCUT2D eigenvalue weighted by molar-refractivity contribution is 5.79. The predicted octanol–water partition coefficient (Wildman–Crippen LogP) is 2.64. The number of piperidine rings is 1. The number of hydrogen-bond acceptors (Lipinski definition) is 4. The van der Waals surface area contributed by atoms with Gasteiger partial charge >= 0.3 is 0 Å². The van der Waals surface area contributed by atoms with Gasteiger partial charge in [-0.15, -0.1) is 0 Å². The van der Waals surface area contributed by atoms with Gasteiger partial charge < -0.3 is 14.2 Å². The lowest BCUT2D eigenvalue weighted by Crippen LogP contribution is -2.50. The smallest absolute Gasteiger partial charge is 0.255 e. The molecule has 0 aliphatic carbocycles. The lowest BCUT2D eigenvalue weighted by Gasteiger charge is -2.43. The summed E-state index contributed by atoms with van der Waals surface area (Å²) >= 11 is 0. The van der Waals surface area contributed by atoms with Crippen LogP contribution in [-0.4, -0.2) is 53.6 Å². The van der Waals surface area contributed by atoms with E-state index >= 15 is 0 Å². The van der Waals surface area contributed by atoms with E-state index in [0.29, 0.717) is 18.9 Å². The van der Waals surface area contributed by atoms with Crippen molar-refractivity contribution in [2.24, 2.45) is 5.92 Å². The first kappa shape index (κ1) is 20.3. The van der Waals surface area contributed by atoms with E-state index in [-0.39, 0.29) is 17.4 Å². The third-order valence-corrected chi connectivity index (χ3v) is 7.14. The number of aromatic nitrogens is 1. The van der Waals surface area contributed by atoms with Crippen LogP contribution in [0.1, 0.15) is 42.0 Å². The average Bonchev–Trinajstić information content (AvgIpc) is 3.29. The van der Waals surface area contributed by atoms with Gasteiger partial charge in [-0.05, 0) is 62.0 Å². The Kier molecular flexibility index (Phi) is 5.57. The standard InChI is InChI=1S/C25H31N3O3/c1-31-22-7-4-18(5-8-22)13-24(29)27-14-19-12-21(17-27)23-9-6-20(25(30)28(23)15-19)16-26-10-2-3-11-26/h4-9,19,21H,2-3,10-17H2,1H3/t19-,21+/m0/s1. The summed E-state index contributed by atoms with van der Waals surface area (Å²) in [6, 6.07) is 11.9. The molecule has 0 saturated carbocycles. The summed E-state index contributed by atoms with van der Waals surface area (Å²) in [4.78, 5) is 30.6. The molecular formula is C25H31N3O3. The Hall–Kier alpha value is -2.60. The highest BCUT2D eigenvalue weighted by Crippen LogP contribution is 2.35. The molecule has 1 amide bonds. The molecule has 6 nitrogen and oxygen atoms in total. The van der Waals surface area contributed by atoms with Crippen LogP contribution in [0.4, 0.5) is 0 Å². The minimum Gasteiger partial charge on any atom is -0.497 e. The fraction of sp³-hybridized carbons (Fsp3) is 0.520. The second-order valence-corrected chi connectivity index (χ2v) is 9.30. The molecule has 6 heteroatoms. The number of nitrogens with zero attached hydrogens (tertiary/aromatic N) is 3. The highest BCUT2D eigenvalue weighted by Gasteiger charge is 2.36. The molecule has 3 aliphatic heterocycles. The molecule has 2 saturated heterocycles. The Labute approximate surface area is 183 Å². The van der Waals surface area contributed by atoms with Crippen molar-refractivity contribution in [2.75, 3.05) is 33.3 Å². The lowest BCUT2D eigenvalue weighted by atomic mass is 9.82. The Morgan fingerprint density at radius 1 is 1.03 bits per heavy atom. The van der Waals surface area contributed by atoms with Crippen LogP contribution in [0, 0.1) is 5.92 Å². The van der Waals surface area contributed by atoms with Gasteiger partial charge in [0.15, 0.2) is 0 Å². The summed E-state index contributed by atoms with van der Waals surface area (Å²) in [6.45, 7) is 5.13. The number of likely N-dealkylation sites (tertiary alicyclic amines) is 2. The topological polar surface area (TPSA) is 54.8 Å². The number of amides is 1. The van der Waals surface area contributed by atoms with E-state index < -0.39 is 0 Å². The van der Waals surface area contributed by atoms with Crippen molar-refractivity contribution in [3.8, 4) is 5.75 Å². The van der Waals surface area contributed by atoms with Gasteiger partial charge in [0.2, 0.25) is 5.91 Å². The molecule has 0 N–H and O–H groups in total. The zero-order valence-electron chi connectivity index (χ0n) is 18.3. The van der Waals surface area contributed by atoms with Crippen molar-refractivity contribution >= 4 is 5.91 Å². The fourth-order valence-electron chi connectivity index (χ4n) is 5.53. The van der Waals surface area contributed by atoms with Gasteiger partial charge in [-0.25, -0.2) is 0 Å². The molecule has 2 atom stereocenters. The van der Waals surface area contributed by atoms with E-state index in [1.807, 2.05) is 39.8 Å². The van der Waals surface area contributed by atoms with E-state index in [1.54, 1.807) is 7.11 Å². The van der Waals surface area contributed by atoms with Gasteiger partial charge in [-0.3, -0.25) is 14.5 Å². The molecule has 1 aromatic carbocycles. The quantitative estimate of drug-likeness (QED) is 0.745. The third kappa shape index (κ3) is 4.13. The van der Waals surface area contributed by atoms with Crippen molar-refractivity contribution in [1.82, 2.24) is 14.4 Å². The maximum absolute atomic E-state index is 13.2. The van der Waals surface area contributed by atoms with Crippen LogP contribution < -0.4 is 10.3 Å². The molecule has 0 spiro atoms. The molecule has 2 fully saturated rings. The minimum atomic E-state index is 0.168. The molecule has 0 radical (unpaired) electrons. The second-order valence-electron chi connectivity index (χ2n) is 9.30. The maximum atomic E-state index is 13.2. The van der Waals surface area contributed by atoms with Crippen LogP contribution >= 0.6 is 0 Å². The van der Waals surface area contributed by atoms with Gasteiger partial charge in [0.05, 0.1) is 13.5 Å². The van der Waals surface area contributed by atoms with Crippen LogP contribution in [0.3, 0.4) is 0 Å². The van der Waals surface area contributed by atoms with Crippen molar-refractivity contribution in [3.63, 3.8) is 0 Å². The molecule has 164 valence electrons. The number of pyridine rings is 1. The number of ether oxygens (including phenoxy) is 1. The lowest BCUT2D eigenvalue weighted by molar-refractivity contribution is -0.133. The highest BCUT2D eigenvalue weighted by atomic mass is 16.5. The van der Waals surface area contributed by atoms with Crippen LogP contribution in [0.2, 0.25) is 0 Å². The molecule has 1 aromatic heterocycles. The molecule has 2 aromatic rings. The number of carbonyl (C=O) groups excluding carboxylic acids is 1. The largest absolute Gasteiger partial charge is 0.497 e. The predicted molar refractivity (Wildman–Crippen MR) is 119 cm³/mol. The zero-order valence-corrected chi connectivity index (χ0v) is 18.3. The van der Waals surface area contributed by atoms with Gasteiger partial charge in [-0.2, -0.15) is 0 Å². The molecular weight excluding hydrogens is 390 g/mol. The maximum Gasteiger partial charge on any atom is 0.255 e. The Morgan fingerprint density at radius 2 is 1.81 bits per heavy atom. The molecule has 5 rings (SSSR count). The summed E-state index contributed by atoms with van der Waals surface area (Å²) in [5, 5.41) is 0. The van der Waals surface area contributed by atoms with Crippen molar-refractivity contribution in [3.05, 3.63) is 63.6 Å². The summed E-state index contributed by atoms with van der Waals surface area (Å²) in [6.07, 6.45) is 3.94. The monoisotopic (exact) mass is 421 g/mol. The molecule has 4 heterocycles. The Morgan fingerprint density at radius 3 is 2.55 bits per heavy atom. The summed E-state index contributed by atoms with van der Waals surface area (Å²) in [7, 11) is 1.64. The number of fused-ring (bicyclic) bond motifs is 4. The normalized spacial score (nSPS) is 22.9. The molecule has 31 heavy (non-hydrogen) atoms. The Bertz CT molecular complexity index is 1010. The summed E-state index contributed by atoms with van der Waals surface area (Å²) < 4.78 is 7.21. The molecule has 0 unspecified atom stereocenters. The van der Waals surface area contributed by atoms with Gasteiger partial charge in [0.1, 0.15) is 5.75 Å². The first-order valence-electron chi connectivity index (χ1n) is 11.5. The third-order valence-electron chi connectivity index (χ3n) is 7.14. The fourth-order valence-corrected chi connectivity index (χ4v) is 5.53. The van der Waals surface area contributed by atoms with Crippen molar-refractivity contribution in [2.45, 2.75) is 44.7 Å². The number of hydrogen-bond donors (Lipinski definition) is 0. The zero-order chi connectivity index (χ0) is 21.4. The Balaban J connectivity index is 1.30. The van der Waals surface area contributed by atoms with E-state index in [2.05, 4.69) is 11.0 Å². The number of carbonyl (C=O) groups is 1.